The summed E-state index contributed by atoms with van der Waals surface area (Å²) in [5, 5.41) is 5.31. The van der Waals surface area contributed by atoms with Crippen LogP contribution in [0.5, 0.6) is 0 Å². The van der Waals surface area contributed by atoms with Gasteiger partial charge in [-0.2, -0.15) is 12.7 Å². The van der Waals surface area contributed by atoms with Gasteiger partial charge in [-0.25, -0.2) is 5.14 Å². The van der Waals surface area contributed by atoms with Crippen LogP contribution in [-0.4, -0.2) is 25.8 Å². The molecule has 0 aliphatic heterocycles. The zero-order valence-corrected chi connectivity index (χ0v) is 12.7. The van der Waals surface area contributed by atoms with Crippen LogP contribution in [0.4, 0.5) is 0 Å². The minimum absolute atomic E-state index is 0.398. The second-order valence-electron chi connectivity index (χ2n) is 4.92. The van der Waals surface area contributed by atoms with Crippen molar-refractivity contribution in [3.63, 3.8) is 0 Å². The average molecular weight is 304 g/mol. The van der Waals surface area contributed by atoms with Crippen LogP contribution in [0, 0.1) is 0 Å². The van der Waals surface area contributed by atoms with E-state index in [1.165, 1.54) is 4.31 Å². The number of nitrogens with two attached hydrogens (primary N) is 1. The van der Waals surface area contributed by atoms with E-state index in [-0.39, 0.29) is 0 Å². The average Bonchev–Trinajstić information content (AvgIpc) is 2.48. The summed E-state index contributed by atoms with van der Waals surface area (Å²) in [4.78, 5) is 0. The third-order valence-corrected chi connectivity index (χ3v) is 4.43. The Morgan fingerprint density at radius 1 is 0.762 bits per heavy atom. The Balaban J connectivity index is 1.96. The van der Waals surface area contributed by atoms with E-state index in [4.69, 9.17) is 5.14 Å². The molecule has 0 atom stereocenters. The van der Waals surface area contributed by atoms with Crippen molar-refractivity contribution in [2.24, 2.45) is 5.14 Å². The van der Waals surface area contributed by atoms with Gasteiger partial charge in [0.15, 0.2) is 0 Å². The summed E-state index contributed by atoms with van der Waals surface area (Å²) in [6.07, 6.45) is 1.32. The molecule has 0 unspecified atom stereocenters. The summed E-state index contributed by atoms with van der Waals surface area (Å²) in [7, 11) is -3.67. The lowest BCUT2D eigenvalue weighted by molar-refractivity contribution is 0.418. The molecule has 0 spiro atoms. The highest BCUT2D eigenvalue weighted by Crippen LogP contribution is 2.06. The van der Waals surface area contributed by atoms with Gasteiger partial charge in [0.1, 0.15) is 0 Å². The van der Waals surface area contributed by atoms with E-state index in [9.17, 15) is 8.42 Å². The molecule has 2 aromatic rings. The van der Waals surface area contributed by atoms with Crippen molar-refractivity contribution < 1.29 is 8.42 Å². The topological polar surface area (TPSA) is 63.4 Å². The fourth-order valence-electron chi connectivity index (χ4n) is 2.16. The van der Waals surface area contributed by atoms with Gasteiger partial charge >= 0.3 is 0 Å². The molecule has 21 heavy (non-hydrogen) atoms. The molecule has 2 aromatic carbocycles. The Morgan fingerprint density at radius 3 is 1.48 bits per heavy atom. The monoisotopic (exact) mass is 304 g/mol. The smallest absolute Gasteiger partial charge is 0.216 e. The molecule has 0 saturated carbocycles. The van der Waals surface area contributed by atoms with Crippen molar-refractivity contribution in [3.8, 4) is 0 Å². The lowest BCUT2D eigenvalue weighted by Crippen LogP contribution is -2.39. The molecule has 0 heterocycles. The molecule has 0 saturated heterocycles. The SMILES string of the molecule is NS(=O)(=O)N(CCc1ccccc1)CCc1ccccc1. The zero-order chi connectivity index (χ0) is 15.1. The van der Waals surface area contributed by atoms with Crippen molar-refractivity contribution in [1.29, 1.82) is 0 Å². The Labute approximate surface area is 126 Å². The molecule has 2 N–H and O–H groups in total. The van der Waals surface area contributed by atoms with E-state index in [1.807, 2.05) is 60.7 Å². The molecule has 2 rings (SSSR count). The molecule has 0 fully saturated rings. The summed E-state index contributed by atoms with van der Waals surface area (Å²) in [6, 6.07) is 19.6. The normalized spacial score (nSPS) is 11.7. The first kappa shape index (κ1) is 15.7. The van der Waals surface area contributed by atoms with E-state index in [2.05, 4.69) is 0 Å². The predicted octanol–water partition coefficient (Wildman–Crippen LogP) is 1.98. The van der Waals surface area contributed by atoms with Gasteiger partial charge in [-0.1, -0.05) is 60.7 Å². The van der Waals surface area contributed by atoms with Crippen LogP contribution in [0.1, 0.15) is 11.1 Å². The summed E-state index contributed by atoms with van der Waals surface area (Å²) in [6.45, 7) is 0.797. The summed E-state index contributed by atoms with van der Waals surface area (Å²) in [5.41, 5.74) is 2.21. The maximum Gasteiger partial charge on any atom is 0.276 e. The van der Waals surface area contributed by atoms with Crippen LogP contribution < -0.4 is 5.14 Å². The van der Waals surface area contributed by atoms with E-state index in [0.29, 0.717) is 25.9 Å². The van der Waals surface area contributed by atoms with Gasteiger partial charge in [0.2, 0.25) is 0 Å². The Morgan fingerprint density at radius 2 is 1.14 bits per heavy atom. The molecular weight excluding hydrogens is 284 g/mol. The van der Waals surface area contributed by atoms with Crippen molar-refractivity contribution in [2.75, 3.05) is 13.1 Å². The van der Waals surface area contributed by atoms with Crippen LogP contribution in [0.15, 0.2) is 60.7 Å². The van der Waals surface area contributed by atoms with Crippen LogP contribution in [-0.2, 0) is 23.1 Å². The van der Waals surface area contributed by atoms with E-state index >= 15 is 0 Å². The standard InChI is InChI=1S/C16H20N2O2S/c17-21(19,20)18(13-11-15-7-3-1-4-8-15)14-12-16-9-5-2-6-10-16/h1-10H,11-14H2,(H2,17,19,20). The lowest BCUT2D eigenvalue weighted by atomic mass is 10.1. The summed E-state index contributed by atoms with van der Waals surface area (Å²) < 4.78 is 24.7. The number of nitrogens with zero attached hydrogens (tertiary/aromatic N) is 1. The number of rotatable bonds is 7. The van der Waals surface area contributed by atoms with Gasteiger partial charge in [0.25, 0.3) is 10.2 Å². The van der Waals surface area contributed by atoms with E-state index in [1.54, 1.807) is 0 Å². The molecule has 0 radical (unpaired) electrons. The lowest BCUT2D eigenvalue weighted by Gasteiger charge is -2.19. The first-order chi connectivity index (χ1) is 10.1. The van der Waals surface area contributed by atoms with Crippen LogP contribution in [0.25, 0.3) is 0 Å². The maximum absolute atomic E-state index is 11.7. The van der Waals surface area contributed by atoms with Crippen molar-refractivity contribution >= 4 is 10.2 Å². The fourth-order valence-corrected chi connectivity index (χ4v) is 2.85. The molecule has 0 amide bonds. The highest BCUT2D eigenvalue weighted by molar-refractivity contribution is 7.86. The Kier molecular flexibility index (Phi) is 5.50. The van der Waals surface area contributed by atoms with Gasteiger partial charge in [-0.3, -0.25) is 0 Å². The second-order valence-corrected chi connectivity index (χ2v) is 6.46. The predicted molar refractivity (Wildman–Crippen MR) is 85.0 cm³/mol. The van der Waals surface area contributed by atoms with E-state index < -0.39 is 10.2 Å². The molecule has 0 aromatic heterocycles. The minimum Gasteiger partial charge on any atom is -0.216 e. The molecule has 5 heteroatoms. The first-order valence-corrected chi connectivity index (χ1v) is 8.42. The third-order valence-electron chi connectivity index (χ3n) is 3.35. The summed E-state index contributed by atoms with van der Waals surface area (Å²) in [5.74, 6) is 0. The van der Waals surface area contributed by atoms with Crippen molar-refractivity contribution in [2.45, 2.75) is 12.8 Å². The fraction of sp³-hybridized carbons (Fsp3) is 0.250. The summed E-state index contributed by atoms with van der Waals surface area (Å²) >= 11 is 0. The highest BCUT2D eigenvalue weighted by Gasteiger charge is 2.16. The zero-order valence-electron chi connectivity index (χ0n) is 11.9. The van der Waals surface area contributed by atoms with Crippen molar-refractivity contribution in [3.05, 3.63) is 71.8 Å². The van der Waals surface area contributed by atoms with Gasteiger partial charge in [-0.05, 0) is 24.0 Å². The van der Waals surface area contributed by atoms with Crippen LogP contribution in [0.2, 0.25) is 0 Å². The number of benzene rings is 2. The first-order valence-electron chi connectivity index (χ1n) is 6.91. The van der Waals surface area contributed by atoms with Gasteiger partial charge in [-0.15, -0.1) is 0 Å². The quantitative estimate of drug-likeness (QED) is 0.850. The maximum atomic E-state index is 11.7. The molecule has 4 nitrogen and oxygen atoms in total. The van der Waals surface area contributed by atoms with Gasteiger partial charge < -0.3 is 0 Å². The van der Waals surface area contributed by atoms with Crippen LogP contribution >= 0.6 is 0 Å². The second kappa shape index (κ2) is 7.36. The molecule has 0 aliphatic rings. The van der Waals surface area contributed by atoms with Crippen molar-refractivity contribution in [1.82, 2.24) is 4.31 Å². The third kappa shape index (κ3) is 5.30. The molecule has 0 aliphatic carbocycles. The van der Waals surface area contributed by atoms with Gasteiger partial charge in [0, 0.05) is 13.1 Å². The minimum atomic E-state index is -3.67. The Hall–Kier alpha value is -1.69. The Bertz CT molecular complexity index is 599. The molecular formula is C16H20N2O2S. The molecule has 112 valence electrons. The van der Waals surface area contributed by atoms with Gasteiger partial charge in [0.05, 0.1) is 0 Å². The number of hydrogen-bond donors (Lipinski definition) is 1. The number of hydrogen-bond acceptors (Lipinski definition) is 2. The molecule has 0 bridgehead atoms. The van der Waals surface area contributed by atoms with Crippen LogP contribution in [0.3, 0.4) is 0 Å². The largest absolute Gasteiger partial charge is 0.276 e. The highest BCUT2D eigenvalue weighted by atomic mass is 32.2. The van der Waals surface area contributed by atoms with E-state index in [0.717, 1.165) is 11.1 Å².